The number of hydrogen-bond donors (Lipinski definition) is 3. The van der Waals surface area contributed by atoms with Crippen molar-refractivity contribution in [1.82, 2.24) is 34.9 Å². The first-order chi connectivity index (χ1) is 20.3. The number of piperidine rings is 1. The van der Waals surface area contributed by atoms with Crippen molar-refractivity contribution in [1.29, 1.82) is 0 Å². The van der Waals surface area contributed by atoms with Gasteiger partial charge in [0.05, 0.1) is 34.1 Å². The van der Waals surface area contributed by atoms with Gasteiger partial charge in [0.2, 0.25) is 11.8 Å². The van der Waals surface area contributed by atoms with E-state index in [1.165, 1.54) is 17.0 Å². The van der Waals surface area contributed by atoms with E-state index in [2.05, 4.69) is 31.0 Å². The quantitative estimate of drug-likeness (QED) is 0.294. The molecule has 42 heavy (non-hydrogen) atoms. The Morgan fingerprint density at radius 1 is 1.07 bits per heavy atom. The molecule has 4 aromatic rings. The monoisotopic (exact) mass is 568 g/mol. The Morgan fingerprint density at radius 2 is 1.93 bits per heavy atom. The van der Waals surface area contributed by atoms with E-state index in [0.717, 1.165) is 12.1 Å². The number of hydrogen-bond acceptors (Lipinski definition) is 8. The highest BCUT2D eigenvalue weighted by atomic mass is 16.2. The van der Waals surface area contributed by atoms with E-state index < -0.39 is 23.4 Å². The normalized spacial score (nSPS) is 18.3. The summed E-state index contributed by atoms with van der Waals surface area (Å²) in [5.41, 5.74) is 1.88. The molecule has 6 rings (SSSR count). The summed E-state index contributed by atoms with van der Waals surface area (Å²) in [6.07, 6.45) is 6.34. The Labute approximate surface area is 239 Å². The van der Waals surface area contributed by atoms with Gasteiger partial charge < -0.3 is 10.6 Å². The Balaban J connectivity index is 1.21. The van der Waals surface area contributed by atoms with E-state index >= 15 is 0 Å². The van der Waals surface area contributed by atoms with E-state index in [0.29, 0.717) is 47.7 Å². The van der Waals surface area contributed by atoms with Crippen molar-refractivity contribution in [3.05, 3.63) is 81.9 Å². The largest absolute Gasteiger partial charge is 0.352 e. The van der Waals surface area contributed by atoms with E-state index in [9.17, 15) is 24.0 Å². The fourth-order valence-electron chi connectivity index (χ4n) is 5.61. The molecule has 2 aliphatic heterocycles. The van der Waals surface area contributed by atoms with Gasteiger partial charge in [0, 0.05) is 31.9 Å². The van der Waals surface area contributed by atoms with Crippen LogP contribution in [0.2, 0.25) is 0 Å². The van der Waals surface area contributed by atoms with Crippen molar-refractivity contribution in [2.24, 2.45) is 5.92 Å². The number of fused-ring (bicyclic) bond motifs is 2. The van der Waals surface area contributed by atoms with Crippen LogP contribution in [0.4, 0.5) is 5.69 Å². The van der Waals surface area contributed by atoms with Gasteiger partial charge in [-0.25, -0.2) is 4.98 Å². The lowest BCUT2D eigenvalue weighted by molar-refractivity contribution is -0.135. The minimum absolute atomic E-state index is 0.119. The van der Waals surface area contributed by atoms with Crippen molar-refractivity contribution < 1.29 is 19.2 Å². The highest BCUT2D eigenvalue weighted by molar-refractivity contribution is 6.09. The second-order valence-electron chi connectivity index (χ2n) is 10.5. The van der Waals surface area contributed by atoms with Crippen LogP contribution < -0.4 is 21.5 Å². The number of aromatic nitrogens is 5. The molecule has 2 aliphatic rings. The summed E-state index contributed by atoms with van der Waals surface area (Å²) in [6, 6.07) is 7.46. The molecule has 214 valence electrons. The molecule has 0 saturated carbocycles. The number of nitrogens with zero attached hydrogens (tertiary/aromatic N) is 5. The third-order valence-corrected chi connectivity index (χ3v) is 7.78. The first-order valence-corrected chi connectivity index (χ1v) is 13.7. The molecule has 0 radical (unpaired) electrons. The fourth-order valence-corrected chi connectivity index (χ4v) is 5.61. The van der Waals surface area contributed by atoms with Crippen molar-refractivity contribution in [2.45, 2.75) is 45.2 Å². The molecule has 4 amide bonds. The van der Waals surface area contributed by atoms with Crippen LogP contribution in [0.3, 0.4) is 0 Å². The van der Waals surface area contributed by atoms with Gasteiger partial charge in [-0.05, 0) is 56.4 Å². The van der Waals surface area contributed by atoms with Crippen LogP contribution >= 0.6 is 0 Å². The number of rotatable bonds is 6. The summed E-state index contributed by atoms with van der Waals surface area (Å²) in [6.45, 7) is 2.68. The van der Waals surface area contributed by atoms with Gasteiger partial charge in [0.15, 0.2) is 0 Å². The Kier molecular flexibility index (Phi) is 7.07. The number of carbonyl (C=O) groups excluding carboxylic acids is 4. The summed E-state index contributed by atoms with van der Waals surface area (Å²) in [5, 5.41) is 12.8. The SMILES string of the molecule is Cc1nc2c(NC(=O)c3cnn4c3CC(CNC(=O)c3cccnc3)CC4)cccc2c(=O)n1C1CCC(=O)NC1=O. The zero-order valence-corrected chi connectivity index (χ0v) is 22.8. The van der Waals surface area contributed by atoms with Gasteiger partial charge in [0.25, 0.3) is 17.4 Å². The van der Waals surface area contributed by atoms with Crippen molar-refractivity contribution in [3.8, 4) is 0 Å². The number of para-hydroxylation sites is 1. The van der Waals surface area contributed by atoms with Crippen LogP contribution in [-0.2, 0) is 22.6 Å². The molecule has 0 spiro atoms. The second kappa shape index (κ2) is 11.0. The number of nitrogens with one attached hydrogen (secondary N) is 3. The lowest BCUT2D eigenvalue weighted by Crippen LogP contribution is -2.45. The van der Waals surface area contributed by atoms with Gasteiger partial charge in [0.1, 0.15) is 17.4 Å². The van der Waals surface area contributed by atoms with Crippen LogP contribution in [0.1, 0.15) is 57.5 Å². The molecule has 0 aliphatic carbocycles. The zero-order chi connectivity index (χ0) is 29.4. The van der Waals surface area contributed by atoms with Crippen molar-refractivity contribution in [2.75, 3.05) is 11.9 Å². The number of pyridine rings is 1. The molecule has 3 aromatic heterocycles. The maximum absolute atomic E-state index is 13.5. The molecule has 0 bridgehead atoms. The summed E-state index contributed by atoms with van der Waals surface area (Å²) in [7, 11) is 0. The molecule has 3 N–H and O–H groups in total. The lowest BCUT2D eigenvalue weighted by atomic mass is 9.94. The maximum Gasteiger partial charge on any atom is 0.262 e. The first-order valence-electron chi connectivity index (χ1n) is 13.7. The molecule has 1 aromatic carbocycles. The Morgan fingerprint density at radius 3 is 2.71 bits per heavy atom. The van der Waals surface area contributed by atoms with Gasteiger partial charge in [-0.15, -0.1) is 0 Å². The van der Waals surface area contributed by atoms with Crippen LogP contribution in [0.15, 0.2) is 53.7 Å². The molecule has 2 unspecified atom stereocenters. The van der Waals surface area contributed by atoms with Crippen molar-refractivity contribution >= 4 is 40.2 Å². The van der Waals surface area contributed by atoms with Crippen LogP contribution in [-0.4, -0.2) is 54.5 Å². The Hall–Kier alpha value is -5.20. The van der Waals surface area contributed by atoms with Crippen LogP contribution in [0, 0.1) is 12.8 Å². The summed E-state index contributed by atoms with van der Waals surface area (Å²) in [5.74, 6) is -1.09. The van der Waals surface area contributed by atoms with Gasteiger partial charge in [-0.1, -0.05) is 6.07 Å². The predicted molar refractivity (Wildman–Crippen MR) is 151 cm³/mol. The van der Waals surface area contributed by atoms with Gasteiger partial charge in [-0.2, -0.15) is 5.10 Å². The minimum atomic E-state index is -0.841. The second-order valence-corrected chi connectivity index (χ2v) is 10.5. The number of aryl methyl sites for hydroxylation is 2. The van der Waals surface area contributed by atoms with E-state index in [4.69, 9.17) is 0 Å². The predicted octanol–water partition coefficient (Wildman–Crippen LogP) is 1.52. The van der Waals surface area contributed by atoms with E-state index in [1.807, 2.05) is 0 Å². The molecule has 1 fully saturated rings. The number of anilines is 1. The Bertz CT molecular complexity index is 1800. The highest BCUT2D eigenvalue weighted by Crippen LogP contribution is 2.26. The average molecular weight is 569 g/mol. The topological polar surface area (TPSA) is 170 Å². The van der Waals surface area contributed by atoms with E-state index in [-0.39, 0.29) is 36.0 Å². The fraction of sp³-hybridized carbons (Fsp3) is 0.310. The molecule has 5 heterocycles. The van der Waals surface area contributed by atoms with Gasteiger partial charge >= 0.3 is 0 Å². The summed E-state index contributed by atoms with van der Waals surface area (Å²) in [4.78, 5) is 72.0. The number of carbonyl (C=O) groups is 4. The smallest absolute Gasteiger partial charge is 0.262 e. The third-order valence-electron chi connectivity index (χ3n) is 7.78. The first kappa shape index (κ1) is 27.0. The summed E-state index contributed by atoms with van der Waals surface area (Å²) >= 11 is 0. The molecule has 13 nitrogen and oxygen atoms in total. The van der Waals surface area contributed by atoms with Crippen molar-refractivity contribution in [3.63, 3.8) is 0 Å². The molecular formula is C29H28N8O5. The number of benzene rings is 1. The van der Waals surface area contributed by atoms with Crippen LogP contribution in [0.5, 0.6) is 0 Å². The number of amides is 4. The molecule has 2 atom stereocenters. The average Bonchev–Trinajstić information content (AvgIpc) is 3.41. The minimum Gasteiger partial charge on any atom is -0.352 e. The number of imide groups is 1. The highest BCUT2D eigenvalue weighted by Gasteiger charge is 2.31. The van der Waals surface area contributed by atoms with Gasteiger partial charge in [-0.3, -0.25) is 43.5 Å². The molecule has 13 heteroatoms. The lowest BCUT2D eigenvalue weighted by Gasteiger charge is -2.25. The zero-order valence-electron chi connectivity index (χ0n) is 22.8. The third kappa shape index (κ3) is 5.04. The molecule has 1 saturated heterocycles. The van der Waals surface area contributed by atoms with E-state index in [1.54, 1.807) is 48.1 Å². The summed E-state index contributed by atoms with van der Waals surface area (Å²) < 4.78 is 3.11. The molecular weight excluding hydrogens is 540 g/mol. The standard InChI is InChI=1S/C29H28N8O5/c1-16-33-25-19(29(42)37(16)22-7-8-24(38)35-28(22)41)5-2-6-21(25)34-27(40)20-15-32-36-11-9-17(12-23(20)36)13-31-26(39)18-4-3-10-30-14-18/h2-6,10,14-15,17,22H,7-9,11-13H2,1H3,(H,31,39)(H,34,40)(H,35,38,41). The van der Waals surface area contributed by atoms with Crippen LogP contribution in [0.25, 0.3) is 10.9 Å². The maximum atomic E-state index is 13.5.